The first kappa shape index (κ1) is 23.4. The fourth-order valence-electron chi connectivity index (χ4n) is 3.30. The third-order valence-electron chi connectivity index (χ3n) is 5.13. The van der Waals surface area contributed by atoms with Gasteiger partial charge in [0.25, 0.3) is 5.91 Å². The van der Waals surface area contributed by atoms with Crippen molar-refractivity contribution in [1.29, 1.82) is 0 Å². The standard InChI is InChI=1S/C23H25N5O5S/c1-3-28-20(12-25-22(30)16-6-9-18-19(10-16)33-14-32-18)26-27-23(28)34-13-21(29)24-11-15-4-7-17(31-2)8-5-15/h4-10H,3,11-14H2,1-2H3,(H,24,29)(H,25,30). The molecule has 11 heteroatoms. The number of fused-ring (bicyclic) bond motifs is 1. The number of carbonyl (C=O) groups excluding carboxylic acids is 2. The van der Waals surface area contributed by atoms with Crippen LogP contribution in [0, 0.1) is 0 Å². The number of methoxy groups -OCH3 is 1. The summed E-state index contributed by atoms with van der Waals surface area (Å²) in [6, 6.07) is 12.6. The van der Waals surface area contributed by atoms with E-state index in [1.54, 1.807) is 25.3 Å². The number of aromatic nitrogens is 3. The zero-order valence-electron chi connectivity index (χ0n) is 18.9. The van der Waals surface area contributed by atoms with Crippen LogP contribution in [0.1, 0.15) is 28.7 Å². The number of carbonyl (C=O) groups is 2. The molecule has 0 bridgehead atoms. The Hall–Kier alpha value is -3.73. The van der Waals surface area contributed by atoms with Gasteiger partial charge >= 0.3 is 0 Å². The van der Waals surface area contributed by atoms with Gasteiger partial charge in [-0.25, -0.2) is 0 Å². The van der Waals surface area contributed by atoms with Crippen LogP contribution in [0.4, 0.5) is 0 Å². The minimum Gasteiger partial charge on any atom is -0.497 e. The molecule has 10 nitrogen and oxygen atoms in total. The Morgan fingerprint density at radius 1 is 1.06 bits per heavy atom. The molecule has 4 rings (SSSR count). The molecule has 0 aliphatic carbocycles. The largest absolute Gasteiger partial charge is 0.497 e. The average molecular weight is 484 g/mol. The summed E-state index contributed by atoms with van der Waals surface area (Å²) in [6.07, 6.45) is 0. The van der Waals surface area contributed by atoms with Gasteiger partial charge < -0.3 is 29.4 Å². The Labute approximate surface area is 201 Å². The molecule has 1 aliphatic rings. The van der Waals surface area contributed by atoms with Crippen LogP contribution in [0.15, 0.2) is 47.6 Å². The van der Waals surface area contributed by atoms with Gasteiger partial charge in [-0.05, 0) is 42.8 Å². The predicted octanol–water partition coefficient (Wildman–Crippen LogP) is 2.37. The van der Waals surface area contributed by atoms with Gasteiger partial charge in [-0.1, -0.05) is 23.9 Å². The Morgan fingerprint density at radius 2 is 1.85 bits per heavy atom. The van der Waals surface area contributed by atoms with E-state index < -0.39 is 0 Å². The molecule has 2 amide bonds. The third-order valence-corrected chi connectivity index (χ3v) is 6.10. The molecule has 2 heterocycles. The number of ether oxygens (including phenoxy) is 3. The van der Waals surface area contributed by atoms with E-state index >= 15 is 0 Å². The van der Waals surface area contributed by atoms with Crippen LogP contribution in [-0.2, 0) is 24.4 Å². The van der Waals surface area contributed by atoms with Crippen molar-refractivity contribution in [2.24, 2.45) is 0 Å². The molecule has 2 aromatic carbocycles. The highest BCUT2D eigenvalue weighted by atomic mass is 32.2. The molecule has 0 fully saturated rings. The lowest BCUT2D eigenvalue weighted by Gasteiger charge is -2.09. The van der Waals surface area contributed by atoms with Crippen LogP contribution in [0.2, 0.25) is 0 Å². The van der Waals surface area contributed by atoms with Gasteiger partial charge in [-0.2, -0.15) is 0 Å². The van der Waals surface area contributed by atoms with Crippen LogP contribution in [-0.4, -0.2) is 46.2 Å². The summed E-state index contributed by atoms with van der Waals surface area (Å²) in [7, 11) is 1.61. The van der Waals surface area contributed by atoms with E-state index in [1.807, 2.05) is 35.8 Å². The molecule has 0 atom stereocenters. The highest BCUT2D eigenvalue weighted by molar-refractivity contribution is 7.99. The van der Waals surface area contributed by atoms with Crippen molar-refractivity contribution >= 4 is 23.6 Å². The van der Waals surface area contributed by atoms with Crippen molar-refractivity contribution in [3.8, 4) is 17.2 Å². The first-order valence-electron chi connectivity index (χ1n) is 10.7. The molecule has 1 aromatic heterocycles. The van der Waals surface area contributed by atoms with Crippen LogP contribution in [0.3, 0.4) is 0 Å². The number of nitrogens with one attached hydrogen (secondary N) is 2. The maximum Gasteiger partial charge on any atom is 0.251 e. The van der Waals surface area contributed by atoms with E-state index in [0.29, 0.717) is 41.1 Å². The molecule has 178 valence electrons. The van der Waals surface area contributed by atoms with Gasteiger partial charge in [0.15, 0.2) is 22.5 Å². The summed E-state index contributed by atoms with van der Waals surface area (Å²) < 4.78 is 17.6. The Kier molecular flexibility index (Phi) is 7.53. The Morgan fingerprint density at radius 3 is 2.62 bits per heavy atom. The number of benzene rings is 2. The molecule has 34 heavy (non-hydrogen) atoms. The molecule has 0 spiro atoms. The number of hydrogen-bond acceptors (Lipinski definition) is 8. The van der Waals surface area contributed by atoms with E-state index in [0.717, 1.165) is 11.3 Å². The predicted molar refractivity (Wildman–Crippen MR) is 125 cm³/mol. The molecule has 0 radical (unpaired) electrons. The smallest absolute Gasteiger partial charge is 0.251 e. The fourth-order valence-corrected chi connectivity index (χ4v) is 4.15. The first-order chi connectivity index (χ1) is 16.6. The van der Waals surface area contributed by atoms with E-state index in [4.69, 9.17) is 14.2 Å². The van der Waals surface area contributed by atoms with Gasteiger partial charge in [0.05, 0.1) is 19.4 Å². The number of hydrogen-bond donors (Lipinski definition) is 2. The van der Waals surface area contributed by atoms with E-state index in [-0.39, 0.29) is 30.9 Å². The van der Waals surface area contributed by atoms with Crippen LogP contribution in [0.5, 0.6) is 17.2 Å². The SMILES string of the molecule is CCn1c(CNC(=O)c2ccc3c(c2)OCO3)nnc1SCC(=O)NCc1ccc(OC)cc1. The number of amides is 2. The van der Waals surface area contributed by atoms with Crippen molar-refractivity contribution in [3.63, 3.8) is 0 Å². The second-order valence-corrected chi connectivity index (χ2v) is 8.25. The van der Waals surface area contributed by atoms with Crippen molar-refractivity contribution in [3.05, 3.63) is 59.4 Å². The molecule has 3 aromatic rings. The van der Waals surface area contributed by atoms with Gasteiger partial charge in [-0.3, -0.25) is 9.59 Å². The van der Waals surface area contributed by atoms with Gasteiger partial charge in [0.1, 0.15) is 5.75 Å². The fraction of sp³-hybridized carbons (Fsp3) is 0.304. The minimum absolute atomic E-state index is 0.107. The molecule has 0 saturated heterocycles. The lowest BCUT2D eigenvalue weighted by molar-refractivity contribution is -0.118. The monoisotopic (exact) mass is 483 g/mol. The Bertz CT molecular complexity index is 1170. The van der Waals surface area contributed by atoms with Crippen LogP contribution in [0.25, 0.3) is 0 Å². The summed E-state index contributed by atoms with van der Waals surface area (Å²) in [6.45, 7) is 3.36. The molecule has 1 aliphatic heterocycles. The van der Waals surface area contributed by atoms with Crippen LogP contribution >= 0.6 is 11.8 Å². The molecule has 0 saturated carbocycles. The van der Waals surface area contributed by atoms with Gasteiger partial charge in [-0.15, -0.1) is 10.2 Å². The second-order valence-electron chi connectivity index (χ2n) is 7.31. The summed E-state index contributed by atoms with van der Waals surface area (Å²) >= 11 is 1.30. The van der Waals surface area contributed by atoms with Crippen molar-refractivity contribution < 1.29 is 23.8 Å². The van der Waals surface area contributed by atoms with Crippen LogP contribution < -0.4 is 24.8 Å². The van der Waals surface area contributed by atoms with E-state index in [2.05, 4.69) is 20.8 Å². The summed E-state index contributed by atoms with van der Waals surface area (Å²) in [5.41, 5.74) is 1.45. The number of thioether (sulfide) groups is 1. The minimum atomic E-state index is -0.254. The topological polar surface area (TPSA) is 117 Å². The van der Waals surface area contributed by atoms with Gasteiger partial charge in [0, 0.05) is 18.7 Å². The summed E-state index contributed by atoms with van der Waals surface area (Å²) in [5.74, 6) is 2.40. The second kappa shape index (κ2) is 10.9. The maximum absolute atomic E-state index is 12.5. The molecular weight excluding hydrogens is 458 g/mol. The number of rotatable bonds is 10. The van der Waals surface area contributed by atoms with Gasteiger partial charge in [0.2, 0.25) is 12.7 Å². The lowest BCUT2D eigenvalue weighted by Crippen LogP contribution is -2.25. The normalized spacial score (nSPS) is 11.8. The molecular formula is C23H25N5O5S. The van der Waals surface area contributed by atoms with E-state index in [9.17, 15) is 9.59 Å². The zero-order valence-corrected chi connectivity index (χ0v) is 19.7. The Balaban J connectivity index is 1.27. The first-order valence-corrected chi connectivity index (χ1v) is 11.7. The highest BCUT2D eigenvalue weighted by Gasteiger charge is 2.18. The summed E-state index contributed by atoms with van der Waals surface area (Å²) in [5, 5.41) is 14.7. The third kappa shape index (κ3) is 5.60. The molecule has 2 N–H and O–H groups in total. The average Bonchev–Trinajstić information content (AvgIpc) is 3.50. The quantitative estimate of drug-likeness (QED) is 0.422. The maximum atomic E-state index is 12.5. The molecule has 0 unspecified atom stereocenters. The van der Waals surface area contributed by atoms with Crippen molar-refractivity contribution in [2.45, 2.75) is 31.7 Å². The lowest BCUT2D eigenvalue weighted by atomic mass is 10.2. The highest BCUT2D eigenvalue weighted by Crippen LogP contribution is 2.32. The number of nitrogens with zero attached hydrogens (tertiary/aromatic N) is 3. The van der Waals surface area contributed by atoms with E-state index in [1.165, 1.54) is 11.8 Å². The summed E-state index contributed by atoms with van der Waals surface area (Å²) in [4.78, 5) is 24.8. The zero-order chi connectivity index (χ0) is 23.9. The van der Waals surface area contributed by atoms with Crippen molar-refractivity contribution in [2.75, 3.05) is 19.7 Å². The van der Waals surface area contributed by atoms with Crippen molar-refractivity contribution in [1.82, 2.24) is 25.4 Å².